The predicted octanol–water partition coefficient (Wildman–Crippen LogP) is 6.57. The standard InChI is InChI=1S/C26H23Cl2N3O2S/c1-26(2)11-18-21(19(32)12-26)20(16-9-8-15(27)10-17(16)28)22-23(29-18)30-25(31-24(22)33)34-13-14-6-4-3-5-7-14/h3-10,20H,11-13H2,1-2H3,(H2,29,30,31,33)/t20-/m1/s1. The van der Waals surface area contributed by atoms with Gasteiger partial charge in [0, 0.05) is 39.4 Å². The zero-order chi connectivity index (χ0) is 24.0. The summed E-state index contributed by atoms with van der Waals surface area (Å²) in [4.78, 5) is 34.4. The molecule has 0 bridgehead atoms. The number of allylic oxidation sites excluding steroid dienone is 2. The number of aromatic amines is 1. The van der Waals surface area contributed by atoms with Crippen molar-refractivity contribution in [2.45, 2.75) is 43.5 Å². The number of nitrogens with one attached hydrogen (secondary N) is 2. The van der Waals surface area contributed by atoms with Gasteiger partial charge >= 0.3 is 0 Å². The number of fused-ring (bicyclic) bond motifs is 1. The van der Waals surface area contributed by atoms with E-state index in [1.54, 1.807) is 18.2 Å². The molecule has 5 rings (SSSR count). The number of ketones is 1. The quantitative estimate of drug-likeness (QED) is 0.306. The third-order valence-electron chi connectivity index (χ3n) is 6.19. The Bertz CT molecular complexity index is 1380. The summed E-state index contributed by atoms with van der Waals surface area (Å²) in [5, 5.41) is 4.77. The second-order valence-electron chi connectivity index (χ2n) is 9.46. The normalized spacial score (nSPS) is 18.8. The lowest BCUT2D eigenvalue weighted by atomic mass is 9.69. The molecule has 1 aliphatic heterocycles. The van der Waals surface area contributed by atoms with Crippen molar-refractivity contribution in [3.8, 4) is 0 Å². The molecule has 1 aliphatic carbocycles. The number of halogens is 2. The molecular formula is C26H23Cl2N3O2S. The van der Waals surface area contributed by atoms with Crippen molar-refractivity contribution >= 4 is 46.6 Å². The van der Waals surface area contributed by atoms with E-state index in [1.807, 2.05) is 30.3 Å². The molecule has 174 valence electrons. The zero-order valence-corrected chi connectivity index (χ0v) is 21.1. The van der Waals surface area contributed by atoms with E-state index < -0.39 is 5.92 Å². The number of carbonyl (C=O) groups excluding carboxylic acids is 1. The lowest BCUT2D eigenvalue weighted by Gasteiger charge is -2.38. The second-order valence-corrected chi connectivity index (χ2v) is 11.3. The van der Waals surface area contributed by atoms with Gasteiger partial charge in [0.25, 0.3) is 5.56 Å². The minimum Gasteiger partial charge on any atom is -0.343 e. The van der Waals surface area contributed by atoms with Crippen molar-refractivity contribution in [2.75, 3.05) is 5.32 Å². The highest BCUT2D eigenvalue weighted by atomic mass is 35.5. The van der Waals surface area contributed by atoms with Crippen molar-refractivity contribution in [2.24, 2.45) is 5.41 Å². The van der Waals surface area contributed by atoms with Gasteiger partial charge in [-0.1, -0.05) is 85.2 Å². The van der Waals surface area contributed by atoms with Crippen molar-refractivity contribution in [1.29, 1.82) is 0 Å². The first-order chi connectivity index (χ1) is 16.2. The summed E-state index contributed by atoms with van der Waals surface area (Å²) < 4.78 is 0. The molecule has 2 aromatic carbocycles. The van der Waals surface area contributed by atoms with Crippen molar-refractivity contribution in [3.05, 3.63) is 96.9 Å². The van der Waals surface area contributed by atoms with Crippen LogP contribution in [0.4, 0.5) is 5.82 Å². The maximum absolute atomic E-state index is 13.4. The largest absolute Gasteiger partial charge is 0.343 e. The van der Waals surface area contributed by atoms with Crippen LogP contribution in [0, 0.1) is 5.41 Å². The van der Waals surface area contributed by atoms with Crippen LogP contribution in [0.3, 0.4) is 0 Å². The van der Waals surface area contributed by atoms with E-state index in [4.69, 9.17) is 28.2 Å². The van der Waals surface area contributed by atoms with E-state index in [0.29, 0.717) is 56.3 Å². The van der Waals surface area contributed by atoms with Crippen LogP contribution in [-0.4, -0.2) is 15.8 Å². The highest BCUT2D eigenvalue weighted by Gasteiger charge is 2.43. The van der Waals surface area contributed by atoms with E-state index in [2.05, 4.69) is 24.1 Å². The highest BCUT2D eigenvalue weighted by molar-refractivity contribution is 7.98. The van der Waals surface area contributed by atoms with E-state index in [-0.39, 0.29) is 16.8 Å². The van der Waals surface area contributed by atoms with Gasteiger partial charge in [0.2, 0.25) is 0 Å². The lowest BCUT2D eigenvalue weighted by Crippen LogP contribution is -2.37. The van der Waals surface area contributed by atoms with E-state index in [9.17, 15) is 9.59 Å². The molecule has 0 saturated heterocycles. The van der Waals surface area contributed by atoms with Crippen LogP contribution in [0.1, 0.15) is 49.3 Å². The van der Waals surface area contributed by atoms with Gasteiger partial charge in [-0.05, 0) is 35.1 Å². The number of hydrogen-bond donors (Lipinski definition) is 2. The van der Waals surface area contributed by atoms with Crippen LogP contribution >= 0.6 is 35.0 Å². The Hall–Kier alpha value is -2.54. The Labute approximate surface area is 212 Å². The Balaban J connectivity index is 1.62. The minimum absolute atomic E-state index is 0.0161. The summed E-state index contributed by atoms with van der Waals surface area (Å²) >= 11 is 14.2. The first-order valence-electron chi connectivity index (χ1n) is 11.0. The number of aromatic nitrogens is 2. The molecule has 8 heteroatoms. The van der Waals surface area contributed by atoms with E-state index >= 15 is 0 Å². The number of Topliss-reactive ketones (excluding diaryl/α,β-unsaturated/α-hetero) is 1. The van der Waals surface area contributed by atoms with Crippen LogP contribution in [0.5, 0.6) is 0 Å². The molecule has 0 amide bonds. The summed E-state index contributed by atoms with van der Waals surface area (Å²) in [7, 11) is 0. The van der Waals surface area contributed by atoms with Crippen molar-refractivity contribution in [3.63, 3.8) is 0 Å². The average Bonchev–Trinajstić information content (AvgIpc) is 2.76. The predicted molar refractivity (Wildman–Crippen MR) is 138 cm³/mol. The molecule has 0 saturated carbocycles. The summed E-state index contributed by atoms with van der Waals surface area (Å²) in [6.45, 7) is 4.14. The van der Waals surface area contributed by atoms with Gasteiger partial charge in [0.05, 0.1) is 5.56 Å². The number of thioether (sulfide) groups is 1. The maximum Gasteiger partial charge on any atom is 0.257 e. The molecule has 2 heterocycles. The fourth-order valence-electron chi connectivity index (χ4n) is 4.73. The molecule has 2 aliphatic rings. The second kappa shape index (κ2) is 8.91. The molecule has 3 aromatic rings. The zero-order valence-electron chi connectivity index (χ0n) is 18.7. The molecule has 5 nitrogen and oxygen atoms in total. The summed E-state index contributed by atoms with van der Waals surface area (Å²) in [6, 6.07) is 15.2. The molecule has 1 atom stereocenters. The van der Waals surface area contributed by atoms with Crippen molar-refractivity contribution in [1.82, 2.24) is 9.97 Å². The van der Waals surface area contributed by atoms with Crippen LogP contribution in [0.25, 0.3) is 0 Å². The number of rotatable bonds is 4. The Morgan fingerprint density at radius 1 is 1.09 bits per heavy atom. The summed E-state index contributed by atoms with van der Waals surface area (Å²) in [5.41, 5.74) is 3.13. The fourth-order valence-corrected chi connectivity index (χ4v) is 6.07. The summed E-state index contributed by atoms with van der Waals surface area (Å²) in [5.74, 6) is 0.556. The van der Waals surface area contributed by atoms with Crippen LogP contribution < -0.4 is 10.9 Å². The molecule has 1 aromatic heterocycles. The van der Waals surface area contributed by atoms with E-state index in [1.165, 1.54) is 11.8 Å². The fraction of sp³-hybridized carbons (Fsp3) is 0.269. The maximum atomic E-state index is 13.4. The number of anilines is 1. The number of nitrogens with zero attached hydrogens (tertiary/aromatic N) is 1. The number of H-pyrrole nitrogens is 1. The van der Waals surface area contributed by atoms with Crippen LogP contribution in [0.15, 0.2) is 69.8 Å². The topological polar surface area (TPSA) is 74.8 Å². The average molecular weight is 512 g/mol. The van der Waals surface area contributed by atoms with Crippen LogP contribution in [0.2, 0.25) is 10.0 Å². The number of hydrogen-bond acceptors (Lipinski definition) is 5. The molecule has 2 N–H and O–H groups in total. The van der Waals surface area contributed by atoms with Gasteiger partial charge in [-0.25, -0.2) is 4.98 Å². The first kappa shape index (κ1) is 23.2. The molecule has 0 fully saturated rings. The third-order valence-corrected chi connectivity index (χ3v) is 7.70. The molecule has 0 radical (unpaired) electrons. The highest BCUT2D eigenvalue weighted by Crippen LogP contribution is 2.49. The van der Waals surface area contributed by atoms with Gasteiger partial charge in [-0.3, -0.25) is 9.59 Å². The first-order valence-corrected chi connectivity index (χ1v) is 12.8. The molecular weight excluding hydrogens is 489 g/mol. The van der Waals surface area contributed by atoms with Gasteiger partial charge in [0.15, 0.2) is 10.9 Å². The minimum atomic E-state index is -0.607. The van der Waals surface area contributed by atoms with Crippen molar-refractivity contribution < 1.29 is 4.79 Å². The van der Waals surface area contributed by atoms with E-state index in [0.717, 1.165) is 11.3 Å². The van der Waals surface area contributed by atoms with Gasteiger partial charge in [-0.15, -0.1) is 0 Å². The smallest absolute Gasteiger partial charge is 0.257 e. The Kier molecular flexibility index (Phi) is 6.09. The van der Waals surface area contributed by atoms with Gasteiger partial charge in [-0.2, -0.15) is 0 Å². The van der Waals surface area contributed by atoms with Crippen LogP contribution in [-0.2, 0) is 10.5 Å². The monoisotopic (exact) mass is 511 g/mol. The molecule has 0 spiro atoms. The summed E-state index contributed by atoms with van der Waals surface area (Å²) in [6.07, 6.45) is 1.08. The molecule has 34 heavy (non-hydrogen) atoms. The van der Waals surface area contributed by atoms with Gasteiger partial charge in [0.1, 0.15) is 5.82 Å². The molecule has 0 unspecified atom stereocenters. The SMILES string of the molecule is CC1(C)CC(=O)C2=C(C1)Nc1nc(SCc3ccccc3)[nH]c(=O)c1[C@@H]2c1ccc(Cl)cc1Cl. The Morgan fingerprint density at radius 3 is 2.59 bits per heavy atom. The van der Waals surface area contributed by atoms with Gasteiger partial charge < -0.3 is 10.3 Å². The number of benzene rings is 2. The third kappa shape index (κ3) is 4.42. The number of carbonyl (C=O) groups is 1. The lowest BCUT2D eigenvalue weighted by molar-refractivity contribution is -0.118. The Morgan fingerprint density at radius 2 is 1.85 bits per heavy atom.